The fourth-order valence-electron chi connectivity index (χ4n) is 1.11. The Balaban J connectivity index is 2.30. The summed E-state index contributed by atoms with van der Waals surface area (Å²) in [6.07, 6.45) is -3.18. The summed E-state index contributed by atoms with van der Waals surface area (Å²) in [6, 6.07) is 3.98. The number of rotatable bonds is 2. The summed E-state index contributed by atoms with van der Waals surface area (Å²) in [7, 11) is 0. The lowest BCUT2D eigenvalue weighted by molar-refractivity contribution is -0.286. The van der Waals surface area contributed by atoms with E-state index in [1.807, 2.05) is 0 Å². The summed E-state index contributed by atoms with van der Waals surface area (Å²) < 4.78 is 33.4. The number of halogens is 2. The van der Waals surface area contributed by atoms with Gasteiger partial charge in [0.15, 0.2) is 11.5 Å². The Bertz CT molecular complexity index is 381. The topological polar surface area (TPSA) is 47.6 Å². The molecule has 1 N–H and O–H groups in total. The predicted molar refractivity (Wildman–Crippen MR) is 42.3 cm³/mol. The molecule has 1 aliphatic heterocycles. The summed E-state index contributed by atoms with van der Waals surface area (Å²) in [5.41, 5.74) is 0.361. The van der Waals surface area contributed by atoms with Gasteiger partial charge in [0.1, 0.15) is 0 Å². The number of ether oxygens (including phenoxy) is 2. The highest BCUT2D eigenvalue weighted by Crippen LogP contribution is 2.41. The molecular weight excluding hydrogens is 196 g/mol. The first kappa shape index (κ1) is 8.74. The van der Waals surface area contributed by atoms with Gasteiger partial charge in [-0.05, 0) is 12.1 Å². The maximum atomic E-state index is 12.5. The van der Waals surface area contributed by atoms with Crippen molar-refractivity contribution in [1.29, 1.82) is 0 Å². The summed E-state index contributed by atoms with van der Waals surface area (Å²) in [6.45, 7) is 0. The molecule has 0 unspecified atom stereocenters. The molecule has 0 aromatic heterocycles. The Hall–Kier alpha value is -1.85. The van der Waals surface area contributed by atoms with Gasteiger partial charge in [0.05, 0.1) is 0 Å². The van der Waals surface area contributed by atoms with Gasteiger partial charge in [0, 0.05) is 11.8 Å². The quantitative estimate of drug-likeness (QED) is 0.739. The number of nitrogens with one attached hydrogen (secondary N) is 1. The zero-order valence-corrected chi connectivity index (χ0v) is 6.79. The SMILES string of the molecule is O=CNc1ccc2c(c1)OC(F)(F)O2. The summed E-state index contributed by atoms with van der Waals surface area (Å²) >= 11 is 0. The maximum Gasteiger partial charge on any atom is 0.586 e. The molecule has 1 amide bonds. The highest BCUT2D eigenvalue weighted by atomic mass is 19.3. The van der Waals surface area contributed by atoms with E-state index < -0.39 is 6.29 Å². The first-order chi connectivity index (χ1) is 6.61. The molecule has 0 atom stereocenters. The van der Waals surface area contributed by atoms with Crippen LogP contribution in [0.1, 0.15) is 0 Å². The molecule has 0 aliphatic carbocycles. The van der Waals surface area contributed by atoms with E-state index in [-0.39, 0.29) is 11.5 Å². The normalized spacial score (nSPS) is 16.4. The van der Waals surface area contributed by atoms with Crippen molar-refractivity contribution in [2.24, 2.45) is 0 Å². The molecule has 14 heavy (non-hydrogen) atoms. The van der Waals surface area contributed by atoms with Gasteiger partial charge in [-0.1, -0.05) is 0 Å². The van der Waals surface area contributed by atoms with E-state index in [4.69, 9.17) is 0 Å². The number of benzene rings is 1. The molecule has 1 aromatic carbocycles. The second-order valence-corrected chi connectivity index (χ2v) is 2.59. The van der Waals surface area contributed by atoms with Crippen LogP contribution in [0, 0.1) is 0 Å². The number of hydrogen-bond donors (Lipinski definition) is 1. The summed E-state index contributed by atoms with van der Waals surface area (Å²) in [4.78, 5) is 10.1. The third-order valence-electron chi connectivity index (χ3n) is 1.63. The molecule has 6 heteroatoms. The van der Waals surface area contributed by atoms with E-state index in [9.17, 15) is 13.6 Å². The lowest BCUT2D eigenvalue weighted by Gasteiger charge is -2.04. The minimum absolute atomic E-state index is 0.0496. The number of hydrogen-bond acceptors (Lipinski definition) is 3. The number of anilines is 1. The van der Waals surface area contributed by atoms with Crippen LogP contribution in [0.3, 0.4) is 0 Å². The van der Waals surface area contributed by atoms with Gasteiger partial charge in [-0.15, -0.1) is 8.78 Å². The van der Waals surface area contributed by atoms with Gasteiger partial charge in [-0.2, -0.15) is 0 Å². The molecule has 0 fully saturated rings. The Kier molecular flexibility index (Phi) is 1.77. The smallest absolute Gasteiger partial charge is 0.395 e. The van der Waals surface area contributed by atoms with E-state index in [2.05, 4.69) is 14.8 Å². The van der Waals surface area contributed by atoms with E-state index >= 15 is 0 Å². The average molecular weight is 201 g/mol. The van der Waals surface area contributed by atoms with Gasteiger partial charge < -0.3 is 14.8 Å². The van der Waals surface area contributed by atoms with Crippen LogP contribution in [0.5, 0.6) is 11.5 Å². The van der Waals surface area contributed by atoms with Crippen LogP contribution in [-0.2, 0) is 4.79 Å². The maximum absolute atomic E-state index is 12.5. The summed E-state index contributed by atoms with van der Waals surface area (Å²) in [5, 5.41) is 2.30. The second kappa shape index (κ2) is 2.83. The molecule has 0 saturated heterocycles. The number of amides is 1. The van der Waals surface area contributed by atoms with Crippen LogP contribution in [0.4, 0.5) is 14.5 Å². The molecule has 0 radical (unpaired) electrons. The van der Waals surface area contributed by atoms with Crippen molar-refractivity contribution in [2.45, 2.75) is 6.29 Å². The van der Waals surface area contributed by atoms with E-state index in [0.29, 0.717) is 12.1 Å². The van der Waals surface area contributed by atoms with Crippen LogP contribution >= 0.6 is 0 Å². The molecule has 2 rings (SSSR count). The standard InChI is InChI=1S/C8H5F2NO3/c9-8(10)13-6-2-1-5(11-4-12)3-7(6)14-8/h1-4H,(H,11,12). The number of alkyl halides is 2. The van der Waals surface area contributed by atoms with E-state index in [0.717, 1.165) is 0 Å². The molecule has 1 aromatic rings. The third kappa shape index (κ3) is 1.46. The van der Waals surface area contributed by atoms with Gasteiger partial charge in [-0.25, -0.2) is 0 Å². The number of fused-ring (bicyclic) bond motifs is 1. The van der Waals surface area contributed by atoms with E-state index in [1.165, 1.54) is 18.2 Å². The van der Waals surface area contributed by atoms with Crippen LogP contribution in [-0.4, -0.2) is 12.7 Å². The van der Waals surface area contributed by atoms with Gasteiger partial charge in [-0.3, -0.25) is 4.79 Å². The van der Waals surface area contributed by atoms with Gasteiger partial charge in [0.2, 0.25) is 6.41 Å². The zero-order chi connectivity index (χ0) is 10.2. The Morgan fingerprint density at radius 3 is 2.71 bits per heavy atom. The Morgan fingerprint density at radius 2 is 2.00 bits per heavy atom. The van der Waals surface area contributed by atoms with E-state index in [1.54, 1.807) is 0 Å². The summed E-state index contributed by atoms with van der Waals surface area (Å²) in [5.74, 6) is -0.145. The molecule has 74 valence electrons. The lowest BCUT2D eigenvalue weighted by atomic mass is 10.3. The third-order valence-corrected chi connectivity index (χ3v) is 1.63. The van der Waals surface area contributed by atoms with Gasteiger partial charge in [0.25, 0.3) is 0 Å². The molecule has 1 heterocycles. The van der Waals surface area contributed by atoms with Crippen molar-refractivity contribution < 1.29 is 23.0 Å². The number of carbonyl (C=O) groups excluding carboxylic acids is 1. The zero-order valence-electron chi connectivity index (χ0n) is 6.79. The van der Waals surface area contributed by atoms with Crippen LogP contribution < -0.4 is 14.8 Å². The highest BCUT2D eigenvalue weighted by Gasteiger charge is 2.43. The van der Waals surface area contributed by atoms with Crippen molar-refractivity contribution in [1.82, 2.24) is 0 Å². The van der Waals surface area contributed by atoms with Crippen LogP contribution in [0.25, 0.3) is 0 Å². The molecule has 0 spiro atoms. The first-order valence-electron chi connectivity index (χ1n) is 3.71. The fourth-order valence-corrected chi connectivity index (χ4v) is 1.11. The molecule has 0 saturated carbocycles. The van der Waals surface area contributed by atoms with Crippen molar-refractivity contribution >= 4 is 12.1 Å². The molecular formula is C8H5F2NO3. The Labute approximate surface area is 77.4 Å². The Morgan fingerprint density at radius 1 is 1.29 bits per heavy atom. The van der Waals surface area contributed by atoms with Gasteiger partial charge >= 0.3 is 6.29 Å². The first-order valence-corrected chi connectivity index (χ1v) is 3.71. The largest absolute Gasteiger partial charge is 0.586 e. The number of carbonyl (C=O) groups is 1. The fraction of sp³-hybridized carbons (Fsp3) is 0.125. The average Bonchev–Trinajstić information content (AvgIpc) is 2.38. The predicted octanol–water partition coefficient (Wildman–Crippen LogP) is 1.58. The van der Waals surface area contributed by atoms with Crippen molar-refractivity contribution in [3.63, 3.8) is 0 Å². The second-order valence-electron chi connectivity index (χ2n) is 2.59. The minimum Gasteiger partial charge on any atom is -0.395 e. The molecule has 1 aliphatic rings. The van der Waals surface area contributed by atoms with Crippen molar-refractivity contribution in [2.75, 3.05) is 5.32 Å². The minimum atomic E-state index is -3.62. The van der Waals surface area contributed by atoms with Crippen LogP contribution in [0.2, 0.25) is 0 Å². The molecule has 0 bridgehead atoms. The highest BCUT2D eigenvalue weighted by molar-refractivity contribution is 5.73. The van der Waals surface area contributed by atoms with Crippen molar-refractivity contribution in [3.8, 4) is 11.5 Å². The monoisotopic (exact) mass is 201 g/mol. The molecule has 4 nitrogen and oxygen atoms in total. The van der Waals surface area contributed by atoms with Crippen molar-refractivity contribution in [3.05, 3.63) is 18.2 Å². The van der Waals surface area contributed by atoms with Crippen LogP contribution in [0.15, 0.2) is 18.2 Å². The lowest BCUT2D eigenvalue weighted by Crippen LogP contribution is -2.25.